The normalized spacial score (nSPS) is 18.6. The van der Waals surface area contributed by atoms with Gasteiger partial charge in [-0.25, -0.2) is 0 Å². The first-order valence-corrected chi connectivity index (χ1v) is 7.54. The molecule has 2 aromatic carbocycles. The molecule has 1 heterocycles. The van der Waals surface area contributed by atoms with Gasteiger partial charge in [0.25, 0.3) is 0 Å². The van der Waals surface area contributed by atoms with Crippen molar-refractivity contribution in [2.75, 3.05) is 25.0 Å². The zero-order valence-corrected chi connectivity index (χ0v) is 12.5. The maximum Gasteiger partial charge on any atom is 0.0597 e. The first kappa shape index (κ1) is 13.9. The number of hydrogen-bond donors (Lipinski definition) is 0. The Kier molecular flexibility index (Phi) is 4.37. The third kappa shape index (κ3) is 3.53. The summed E-state index contributed by atoms with van der Waals surface area (Å²) in [7, 11) is 2.18. The highest BCUT2D eigenvalue weighted by atomic mass is 15.2. The van der Waals surface area contributed by atoms with E-state index in [1.807, 2.05) is 0 Å². The summed E-state index contributed by atoms with van der Waals surface area (Å²) in [6.45, 7) is 3.12. The lowest BCUT2D eigenvalue weighted by atomic mass is 10.1. The molecule has 0 spiro atoms. The molecular weight excluding hydrogens is 256 g/mol. The number of rotatable bonds is 4. The second-order valence-corrected chi connectivity index (χ2v) is 5.62. The van der Waals surface area contributed by atoms with Crippen LogP contribution in [0.3, 0.4) is 0 Å². The quantitative estimate of drug-likeness (QED) is 0.789. The Hall–Kier alpha value is -2.06. The van der Waals surface area contributed by atoms with Gasteiger partial charge in [-0.3, -0.25) is 4.90 Å². The van der Waals surface area contributed by atoms with Crippen LogP contribution in [-0.4, -0.2) is 31.1 Å². The fourth-order valence-corrected chi connectivity index (χ4v) is 2.84. The molecule has 0 radical (unpaired) electrons. The summed E-state index contributed by atoms with van der Waals surface area (Å²) in [5.41, 5.74) is 2.66. The number of anilines is 1. The molecule has 3 rings (SSSR count). The van der Waals surface area contributed by atoms with Gasteiger partial charge in [-0.15, -0.1) is 0 Å². The fourth-order valence-electron chi connectivity index (χ4n) is 2.84. The fraction of sp³-hybridized carbons (Fsp3) is 0.263. The van der Waals surface area contributed by atoms with Crippen molar-refractivity contribution in [1.82, 2.24) is 4.90 Å². The monoisotopic (exact) mass is 278 g/mol. The Balaban J connectivity index is 1.66. The molecule has 0 fully saturated rings. The predicted octanol–water partition coefficient (Wildman–Crippen LogP) is 3.56. The molecule has 0 saturated heterocycles. The minimum atomic E-state index is 0.435. The van der Waals surface area contributed by atoms with E-state index in [-0.39, 0.29) is 0 Å². The lowest BCUT2D eigenvalue weighted by Gasteiger charge is -2.35. The number of para-hydroxylation sites is 1. The third-order valence-electron chi connectivity index (χ3n) is 4.08. The van der Waals surface area contributed by atoms with Crippen LogP contribution in [0.1, 0.15) is 5.56 Å². The molecule has 0 unspecified atom stereocenters. The second kappa shape index (κ2) is 6.59. The Labute approximate surface area is 127 Å². The number of benzene rings is 2. The highest BCUT2D eigenvalue weighted by molar-refractivity contribution is 5.47. The van der Waals surface area contributed by atoms with Crippen molar-refractivity contribution in [3.05, 3.63) is 78.4 Å². The van der Waals surface area contributed by atoms with E-state index in [4.69, 9.17) is 0 Å². The molecule has 0 N–H and O–H groups in total. The van der Waals surface area contributed by atoms with Crippen molar-refractivity contribution < 1.29 is 0 Å². The van der Waals surface area contributed by atoms with Gasteiger partial charge < -0.3 is 4.90 Å². The van der Waals surface area contributed by atoms with E-state index in [0.717, 1.165) is 19.6 Å². The molecule has 1 aliphatic heterocycles. The average Bonchev–Trinajstić information content (AvgIpc) is 2.56. The summed E-state index contributed by atoms with van der Waals surface area (Å²) >= 11 is 0. The van der Waals surface area contributed by atoms with Gasteiger partial charge in [0.15, 0.2) is 0 Å². The van der Waals surface area contributed by atoms with Crippen LogP contribution in [0.4, 0.5) is 5.69 Å². The van der Waals surface area contributed by atoms with Crippen LogP contribution < -0.4 is 4.90 Å². The van der Waals surface area contributed by atoms with Gasteiger partial charge in [0, 0.05) is 32.4 Å². The predicted molar refractivity (Wildman–Crippen MR) is 89.5 cm³/mol. The number of nitrogens with zero attached hydrogens (tertiary/aromatic N) is 2. The first-order valence-electron chi connectivity index (χ1n) is 7.54. The molecule has 0 aliphatic carbocycles. The van der Waals surface area contributed by atoms with Crippen LogP contribution in [0, 0.1) is 0 Å². The minimum absolute atomic E-state index is 0.435. The van der Waals surface area contributed by atoms with Crippen molar-refractivity contribution in [2.45, 2.75) is 12.6 Å². The first-order chi connectivity index (χ1) is 10.3. The Morgan fingerprint density at radius 2 is 1.67 bits per heavy atom. The largest absolute Gasteiger partial charge is 0.367 e. The van der Waals surface area contributed by atoms with Gasteiger partial charge in [0.2, 0.25) is 0 Å². The molecule has 21 heavy (non-hydrogen) atoms. The smallest absolute Gasteiger partial charge is 0.0597 e. The zero-order chi connectivity index (χ0) is 14.5. The van der Waals surface area contributed by atoms with Gasteiger partial charge in [0.05, 0.1) is 6.04 Å². The Morgan fingerprint density at radius 1 is 1.00 bits per heavy atom. The number of likely N-dealkylation sites (N-methyl/N-ethyl adjacent to an activating group) is 1. The van der Waals surface area contributed by atoms with Crippen molar-refractivity contribution >= 4 is 5.69 Å². The number of hydrogen-bond acceptors (Lipinski definition) is 2. The van der Waals surface area contributed by atoms with E-state index in [0.29, 0.717) is 6.04 Å². The molecule has 0 bridgehead atoms. The van der Waals surface area contributed by atoms with Crippen molar-refractivity contribution in [3.8, 4) is 0 Å². The van der Waals surface area contributed by atoms with Crippen molar-refractivity contribution in [2.24, 2.45) is 0 Å². The van der Waals surface area contributed by atoms with Crippen LogP contribution in [0.5, 0.6) is 0 Å². The lowest BCUT2D eigenvalue weighted by molar-refractivity contribution is 0.274. The van der Waals surface area contributed by atoms with Gasteiger partial charge >= 0.3 is 0 Å². The molecular formula is C19H22N2. The summed E-state index contributed by atoms with van der Waals surface area (Å²) in [6, 6.07) is 21.7. The van der Waals surface area contributed by atoms with Gasteiger partial charge in [-0.05, 0) is 17.7 Å². The van der Waals surface area contributed by atoms with Gasteiger partial charge in [-0.2, -0.15) is 0 Å². The molecule has 108 valence electrons. The Bertz CT molecular complexity index is 577. The van der Waals surface area contributed by atoms with Gasteiger partial charge in [-0.1, -0.05) is 60.7 Å². The second-order valence-electron chi connectivity index (χ2n) is 5.62. The summed E-state index contributed by atoms with van der Waals surface area (Å²) in [5, 5.41) is 0. The molecule has 1 atom stereocenters. The van der Waals surface area contributed by atoms with E-state index >= 15 is 0 Å². The summed E-state index contributed by atoms with van der Waals surface area (Å²) < 4.78 is 0. The Morgan fingerprint density at radius 3 is 2.38 bits per heavy atom. The standard InChI is InChI=1S/C19H22N2/c1-20(18-11-6-3-7-12-18)19-13-8-14-21(16-19)15-17-9-4-2-5-10-17/h2-13,19H,14-16H2,1H3/t19-/m0/s1. The topological polar surface area (TPSA) is 6.48 Å². The molecule has 2 heteroatoms. The lowest BCUT2D eigenvalue weighted by Crippen LogP contribution is -2.43. The van der Waals surface area contributed by atoms with Crippen LogP contribution in [0.2, 0.25) is 0 Å². The maximum atomic E-state index is 2.50. The van der Waals surface area contributed by atoms with Crippen molar-refractivity contribution in [1.29, 1.82) is 0 Å². The molecule has 1 aliphatic rings. The highest BCUT2D eigenvalue weighted by Gasteiger charge is 2.19. The van der Waals surface area contributed by atoms with E-state index in [1.165, 1.54) is 11.3 Å². The summed E-state index contributed by atoms with van der Waals surface area (Å²) in [4.78, 5) is 4.85. The van der Waals surface area contributed by atoms with E-state index in [2.05, 4.69) is 89.7 Å². The maximum absolute atomic E-state index is 2.50. The van der Waals surface area contributed by atoms with Crippen molar-refractivity contribution in [3.63, 3.8) is 0 Å². The van der Waals surface area contributed by atoms with Crippen LogP contribution in [-0.2, 0) is 6.54 Å². The SMILES string of the molecule is CN(c1ccccc1)[C@H]1C=CCN(Cc2ccccc2)C1. The average molecular weight is 278 g/mol. The molecule has 0 aromatic heterocycles. The molecule has 0 saturated carbocycles. The van der Waals surface area contributed by atoms with Gasteiger partial charge in [0.1, 0.15) is 0 Å². The van der Waals surface area contributed by atoms with Crippen LogP contribution in [0.15, 0.2) is 72.8 Å². The van der Waals surface area contributed by atoms with E-state index < -0.39 is 0 Å². The van der Waals surface area contributed by atoms with E-state index in [9.17, 15) is 0 Å². The van der Waals surface area contributed by atoms with E-state index in [1.54, 1.807) is 0 Å². The van der Waals surface area contributed by atoms with Crippen LogP contribution in [0.25, 0.3) is 0 Å². The molecule has 2 nitrogen and oxygen atoms in total. The summed E-state index contributed by atoms with van der Waals surface area (Å²) in [6.07, 6.45) is 4.62. The highest BCUT2D eigenvalue weighted by Crippen LogP contribution is 2.18. The molecule has 2 aromatic rings. The molecule has 0 amide bonds. The van der Waals surface area contributed by atoms with Crippen LogP contribution >= 0.6 is 0 Å². The zero-order valence-electron chi connectivity index (χ0n) is 12.5. The third-order valence-corrected chi connectivity index (χ3v) is 4.08. The minimum Gasteiger partial charge on any atom is -0.367 e. The summed E-state index contributed by atoms with van der Waals surface area (Å²) in [5.74, 6) is 0.